The normalized spacial score (nSPS) is 12.1. The van der Waals surface area contributed by atoms with E-state index >= 15 is 0 Å². The van der Waals surface area contributed by atoms with Gasteiger partial charge >= 0.3 is 0 Å². The molecule has 6 heteroatoms. The molecule has 2 heterocycles. The molecule has 0 bridgehead atoms. The third-order valence-corrected chi connectivity index (χ3v) is 2.58. The molecule has 0 saturated heterocycles. The van der Waals surface area contributed by atoms with E-state index in [-0.39, 0.29) is 11.9 Å². The van der Waals surface area contributed by atoms with E-state index in [2.05, 4.69) is 20.3 Å². The van der Waals surface area contributed by atoms with Gasteiger partial charge in [-0.15, -0.1) is 0 Å². The second-order valence-electron chi connectivity index (χ2n) is 3.88. The fraction of sp³-hybridized carbons (Fsp3) is 0.250. The maximum absolute atomic E-state index is 12.0. The Balaban J connectivity index is 2.11. The first kappa shape index (κ1) is 12.1. The first-order valence-electron chi connectivity index (χ1n) is 5.72. The summed E-state index contributed by atoms with van der Waals surface area (Å²) in [5.74, 6) is 0.473. The van der Waals surface area contributed by atoms with Crippen molar-refractivity contribution in [1.82, 2.24) is 20.3 Å². The Morgan fingerprint density at radius 1 is 1.50 bits per heavy atom. The number of H-pyrrole nitrogens is 1. The predicted molar refractivity (Wildman–Crippen MR) is 67.7 cm³/mol. The molecule has 94 valence electrons. The largest absolute Gasteiger partial charge is 0.399 e. The molecule has 0 spiro atoms. The molecule has 4 N–H and O–H groups in total. The van der Waals surface area contributed by atoms with Crippen molar-refractivity contribution in [3.63, 3.8) is 0 Å². The lowest BCUT2D eigenvalue weighted by Gasteiger charge is -2.14. The summed E-state index contributed by atoms with van der Waals surface area (Å²) >= 11 is 0. The quantitative estimate of drug-likeness (QED) is 0.755. The first-order chi connectivity index (χ1) is 8.70. The van der Waals surface area contributed by atoms with Crippen LogP contribution in [0.3, 0.4) is 0 Å². The molecule has 0 fully saturated rings. The molecule has 0 aliphatic rings. The number of carbonyl (C=O) groups is 1. The molecule has 2 rings (SSSR count). The standard InChI is InChI=1S/C12H15N5O/c1-2-9(11-15-5-6-16-11)17-12(18)10-7-8(13)3-4-14-10/h3-7,9H,2H2,1H3,(H2,13,14)(H,15,16)(H,17,18). The van der Waals surface area contributed by atoms with Gasteiger partial charge in [0.2, 0.25) is 0 Å². The zero-order valence-corrected chi connectivity index (χ0v) is 10.1. The van der Waals surface area contributed by atoms with Gasteiger partial charge in [0.05, 0.1) is 6.04 Å². The zero-order valence-electron chi connectivity index (χ0n) is 10.1. The molecule has 0 aromatic carbocycles. The van der Waals surface area contributed by atoms with Crippen LogP contribution in [0.25, 0.3) is 0 Å². The number of nitrogen functional groups attached to an aromatic ring is 1. The number of pyridine rings is 1. The summed E-state index contributed by atoms with van der Waals surface area (Å²) in [6, 6.07) is 3.03. The van der Waals surface area contributed by atoms with Gasteiger partial charge in [-0.25, -0.2) is 4.98 Å². The number of aromatic nitrogens is 3. The highest BCUT2D eigenvalue weighted by Gasteiger charge is 2.16. The Hall–Kier alpha value is -2.37. The van der Waals surface area contributed by atoms with Crippen molar-refractivity contribution in [3.05, 3.63) is 42.2 Å². The van der Waals surface area contributed by atoms with Crippen LogP contribution in [-0.2, 0) is 0 Å². The van der Waals surface area contributed by atoms with Crippen molar-refractivity contribution in [2.24, 2.45) is 0 Å². The average molecular weight is 245 g/mol. The Labute approximate surface area is 105 Å². The van der Waals surface area contributed by atoms with Gasteiger partial charge in [0.25, 0.3) is 5.91 Å². The molecule has 2 aromatic heterocycles. The first-order valence-corrected chi connectivity index (χ1v) is 5.72. The lowest BCUT2D eigenvalue weighted by Crippen LogP contribution is -2.29. The third-order valence-electron chi connectivity index (χ3n) is 2.58. The van der Waals surface area contributed by atoms with Gasteiger partial charge in [0.1, 0.15) is 11.5 Å². The van der Waals surface area contributed by atoms with Gasteiger partial charge in [-0.1, -0.05) is 6.92 Å². The summed E-state index contributed by atoms with van der Waals surface area (Å²) in [7, 11) is 0. The van der Waals surface area contributed by atoms with E-state index < -0.39 is 0 Å². The van der Waals surface area contributed by atoms with E-state index in [9.17, 15) is 4.79 Å². The van der Waals surface area contributed by atoms with Crippen molar-refractivity contribution < 1.29 is 4.79 Å². The second kappa shape index (κ2) is 5.31. The molecule has 18 heavy (non-hydrogen) atoms. The Morgan fingerprint density at radius 3 is 2.94 bits per heavy atom. The van der Waals surface area contributed by atoms with Crippen LogP contribution in [0.5, 0.6) is 0 Å². The number of rotatable bonds is 4. The van der Waals surface area contributed by atoms with Crippen molar-refractivity contribution in [3.8, 4) is 0 Å². The number of carbonyl (C=O) groups excluding carboxylic acids is 1. The third kappa shape index (κ3) is 2.65. The molecule has 0 aliphatic heterocycles. The van der Waals surface area contributed by atoms with E-state index in [4.69, 9.17) is 5.73 Å². The number of imidazole rings is 1. The lowest BCUT2D eigenvalue weighted by atomic mass is 10.2. The number of hydrogen-bond donors (Lipinski definition) is 3. The van der Waals surface area contributed by atoms with Crippen molar-refractivity contribution in [2.45, 2.75) is 19.4 Å². The van der Waals surface area contributed by atoms with E-state index in [1.54, 1.807) is 24.5 Å². The van der Waals surface area contributed by atoms with Crippen LogP contribution in [0.2, 0.25) is 0 Å². The van der Waals surface area contributed by atoms with Crippen LogP contribution in [0.15, 0.2) is 30.7 Å². The molecule has 2 aromatic rings. The maximum atomic E-state index is 12.0. The van der Waals surface area contributed by atoms with Gasteiger partial charge in [-0.3, -0.25) is 9.78 Å². The van der Waals surface area contributed by atoms with Crippen LogP contribution in [-0.4, -0.2) is 20.9 Å². The number of hydrogen-bond acceptors (Lipinski definition) is 4. The minimum Gasteiger partial charge on any atom is -0.399 e. The number of aromatic amines is 1. The number of nitrogens with zero attached hydrogens (tertiary/aromatic N) is 2. The van der Waals surface area contributed by atoms with Crippen molar-refractivity contribution in [2.75, 3.05) is 5.73 Å². The number of nitrogens with two attached hydrogens (primary N) is 1. The molecule has 0 saturated carbocycles. The van der Waals surface area contributed by atoms with Crippen molar-refractivity contribution in [1.29, 1.82) is 0 Å². The maximum Gasteiger partial charge on any atom is 0.270 e. The summed E-state index contributed by atoms with van der Waals surface area (Å²) in [6.45, 7) is 1.97. The molecule has 0 aliphatic carbocycles. The summed E-state index contributed by atoms with van der Waals surface area (Å²) < 4.78 is 0. The molecule has 0 radical (unpaired) electrons. The molecular weight excluding hydrogens is 230 g/mol. The van der Waals surface area contributed by atoms with Gasteiger partial charge in [0.15, 0.2) is 0 Å². The van der Waals surface area contributed by atoms with E-state index in [0.717, 1.165) is 12.2 Å². The molecular formula is C12H15N5O. The van der Waals surface area contributed by atoms with E-state index in [0.29, 0.717) is 11.4 Å². The highest BCUT2D eigenvalue weighted by Crippen LogP contribution is 2.12. The molecule has 1 amide bonds. The summed E-state index contributed by atoms with van der Waals surface area (Å²) in [6.07, 6.45) is 5.63. The lowest BCUT2D eigenvalue weighted by molar-refractivity contribution is 0.0929. The van der Waals surface area contributed by atoms with Crippen LogP contribution in [0.1, 0.15) is 35.7 Å². The van der Waals surface area contributed by atoms with Crippen LogP contribution in [0.4, 0.5) is 5.69 Å². The highest BCUT2D eigenvalue weighted by molar-refractivity contribution is 5.93. The van der Waals surface area contributed by atoms with Gasteiger partial charge in [-0.05, 0) is 18.6 Å². The van der Waals surface area contributed by atoms with Gasteiger partial charge in [-0.2, -0.15) is 0 Å². The van der Waals surface area contributed by atoms with Gasteiger partial charge < -0.3 is 16.0 Å². The van der Waals surface area contributed by atoms with E-state index in [1.807, 2.05) is 6.92 Å². The average Bonchev–Trinajstić information content (AvgIpc) is 2.89. The summed E-state index contributed by atoms with van der Waals surface area (Å²) in [5.41, 5.74) is 6.44. The smallest absolute Gasteiger partial charge is 0.270 e. The van der Waals surface area contributed by atoms with Crippen LogP contribution >= 0.6 is 0 Å². The fourth-order valence-corrected chi connectivity index (χ4v) is 1.64. The summed E-state index contributed by atoms with van der Waals surface area (Å²) in [4.78, 5) is 23.1. The number of anilines is 1. The molecule has 1 atom stereocenters. The van der Waals surface area contributed by atoms with E-state index in [1.165, 1.54) is 6.20 Å². The SMILES string of the molecule is CCC(NC(=O)c1cc(N)ccn1)c1ncc[nH]1. The number of nitrogens with one attached hydrogen (secondary N) is 2. The zero-order chi connectivity index (χ0) is 13.0. The topological polar surface area (TPSA) is 96.7 Å². The van der Waals surface area contributed by atoms with Gasteiger partial charge in [0, 0.05) is 24.3 Å². The number of amides is 1. The van der Waals surface area contributed by atoms with Crippen molar-refractivity contribution >= 4 is 11.6 Å². The van der Waals surface area contributed by atoms with Crippen LogP contribution in [0, 0.1) is 0 Å². The highest BCUT2D eigenvalue weighted by atomic mass is 16.1. The summed E-state index contributed by atoms with van der Waals surface area (Å²) in [5, 5.41) is 2.86. The minimum atomic E-state index is -0.259. The Bertz CT molecular complexity index is 523. The monoisotopic (exact) mass is 245 g/mol. The second-order valence-corrected chi connectivity index (χ2v) is 3.88. The Kier molecular flexibility index (Phi) is 3.57. The Morgan fingerprint density at radius 2 is 2.33 bits per heavy atom. The minimum absolute atomic E-state index is 0.157. The van der Waals surface area contributed by atoms with Crippen LogP contribution < -0.4 is 11.1 Å². The molecule has 1 unspecified atom stereocenters. The fourth-order valence-electron chi connectivity index (χ4n) is 1.64. The predicted octanol–water partition coefficient (Wildman–Crippen LogP) is 1.27. The molecule has 6 nitrogen and oxygen atoms in total.